The normalized spacial score (nSPS) is 18.0. The smallest absolute Gasteiger partial charge is 0.307 e. The zero-order valence-corrected chi connectivity index (χ0v) is 12.4. The number of Topliss-reactive ketones (excluding diaryl/α,β-unsaturated/α-hetero) is 1. The number of aliphatic carboxylic acids is 1. The summed E-state index contributed by atoms with van der Waals surface area (Å²) in [6.45, 7) is 6.95. The van der Waals surface area contributed by atoms with E-state index in [9.17, 15) is 14.7 Å². The predicted octanol–water partition coefficient (Wildman–Crippen LogP) is 0.902. The molecule has 2 N–H and O–H groups in total. The highest BCUT2D eigenvalue weighted by Crippen LogP contribution is 2.37. The maximum Gasteiger partial charge on any atom is 0.307 e. The molecule has 0 saturated heterocycles. The summed E-state index contributed by atoms with van der Waals surface area (Å²) in [5.74, 6) is -1.67. The van der Waals surface area contributed by atoms with Gasteiger partial charge in [-0.25, -0.2) is 0 Å². The number of aliphatic hydroxyl groups is 1. The lowest BCUT2D eigenvalue weighted by molar-refractivity contribution is -0.909. The van der Waals surface area contributed by atoms with Crippen molar-refractivity contribution in [2.24, 2.45) is 5.41 Å². The van der Waals surface area contributed by atoms with E-state index in [0.717, 1.165) is 0 Å². The van der Waals surface area contributed by atoms with Crippen LogP contribution in [-0.4, -0.2) is 59.2 Å². The molecule has 0 saturated carbocycles. The third-order valence-electron chi connectivity index (χ3n) is 3.08. The van der Waals surface area contributed by atoms with E-state index < -0.39 is 35.2 Å². The van der Waals surface area contributed by atoms with Crippen LogP contribution in [0.5, 0.6) is 0 Å². The summed E-state index contributed by atoms with van der Waals surface area (Å²) in [6, 6.07) is -0.515. The Kier molecular flexibility index (Phi) is 4.71. The van der Waals surface area contributed by atoms with Crippen LogP contribution in [0.4, 0.5) is 0 Å². The van der Waals surface area contributed by atoms with Gasteiger partial charge < -0.3 is 14.7 Å². The van der Waals surface area contributed by atoms with Gasteiger partial charge in [0.15, 0.2) is 11.4 Å². The largest absolute Gasteiger partial charge is 0.481 e. The minimum Gasteiger partial charge on any atom is -0.481 e. The first-order valence-electron chi connectivity index (χ1n) is 5.99. The summed E-state index contributed by atoms with van der Waals surface area (Å²) in [5, 5.41) is 19.6. The Morgan fingerprint density at radius 3 is 1.72 bits per heavy atom. The summed E-state index contributed by atoms with van der Waals surface area (Å²) < 4.78 is 0.312. The molecule has 106 valence electrons. The molecule has 0 aromatic heterocycles. The number of hydrogen-bond acceptors (Lipinski definition) is 3. The second-order valence-electron chi connectivity index (χ2n) is 6.94. The summed E-state index contributed by atoms with van der Waals surface area (Å²) in [4.78, 5) is 22.8. The van der Waals surface area contributed by atoms with Crippen molar-refractivity contribution in [1.82, 2.24) is 0 Å². The maximum absolute atomic E-state index is 11.8. The van der Waals surface area contributed by atoms with Crippen LogP contribution in [0, 0.1) is 5.41 Å². The number of carbonyl (C=O) groups excluding carboxylic acids is 1. The monoisotopic (exact) mass is 260 g/mol. The number of carboxylic acid groups (broad SMARTS) is 1. The molecule has 2 atom stereocenters. The van der Waals surface area contributed by atoms with Gasteiger partial charge >= 0.3 is 5.97 Å². The van der Waals surface area contributed by atoms with E-state index >= 15 is 0 Å². The van der Waals surface area contributed by atoms with Crippen LogP contribution in [-0.2, 0) is 9.59 Å². The maximum atomic E-state index is 11.8. The predicted molar refractivity (Wildman–Crippen MR) is 69.2 cm³/mol. The van der Waals surface area contributed by atoms with Crippen molar-refractivity contribution < 1.29 is 24.3 Å². The Morgan fingerprint density at radius 2 is 1.56 bits per heavy atom. The number of rotatable bonds is 5. The van der Waals surface area contributed by atoms with Crippen molar-refractivity contribution in [3.63, 3.8) is 0 Å². The van der Waals surface area contributed by atoms with Gasteiger partial charge in [-0.2, -0.15) is 0 Å². The van der Waals surface area contributed by atoms with E-state index in [1.165, 1.54) is 6.92 Å². The number of carboxylic acids is 1. The Labute approximate surface area is 109 Å². The number of likely N-dealkylation sites (N-methyl/N-ethyl adjacent to an activating group) is 1. The van der Waals surface area contributed by atoms with Gasteiger partial charge in [-0.05, 0) is 6.92 Å². The number of hydrogen-bond donors (Lipinski definition) is 2. The minimum absolute atomic E-state index is 0.312. The Morgan fingerprint density at radius 1 is 1.17 bits per heavy atom. The third kappa shape index (κ3) is 3.78. The fourth-order valence-corrected chi connectivity index (χ4v) is 3.16. The first-order valence-corrected chi connectivity index (χ1v) is 5.99. The molecule has 0 rings (SSSR count). The van der Waals surface area contributed by atoms with Crippen LogP contribution in [0.3, 0.4) is 0 Å². The van der Waals surface area contributed by atoms with Crippen molar-refractivity contribution in [1.29, 1.82) is 0 Å². The van der Waals surface area contributed by atoms with Crippen LogP contribution in [0.25, 0.3) is 0 Å². The van der Waals surface area contributed by atoms with Crippen molar-refractivity contribution in [3.8, 4) is 0 Å². The average molecular weight is 260 g/mol. The number of carbonyl (C=O) groups is 2. The van der Waals surface area contributed by atoms with Gasteiger partial charge in [0, 0.05) is 5.41 Å². The van der Waals surface area contributed by atoms with Gasteiger partial charge in [-0.1, -0.05) is 20.8 Å². The van der Waals surface area contributed by atoms with Crippen LogP contribution in [0.1, 0.15) is 34.1 Å². The van der Waals surface area contributed by atoms with Crippen molar-refractivity contribution in [2.75, 3.05) is 21.1 Å². The lowest BCUT2D eigenvalue weighted by Crippen LogP contribution is -2.67. The molecule has 0 aliphatic heterocycles. The van der Waals surface area contributed by atoms with Gasteiger partial charge in [-0.15, -0.1) is 0 Å². The van der Waals surface area contributed by atoms with Gasteiger partial charge in [-0.3, -0.25) is 9.59 Å². The van der Waals surface area contributed by atoms with Crippen LogP contribution >= 0.6 is 0 Å². The standard InChI is InChI=1S/C13H25NO4/c1-9(15)13(18,8-10(16)17)11(12(2,3)4)14(5,6)7/h11,18H,8H2,1-7H3/p+1. The zero-order chi connectivity index (χ0) is 14.9. The lowest BCUT2D eigenvalue weighted by atomic mass is 9.71. The topological polar surface area (TPSA) is 74.6 Å². The first-order chi connectivity index (χ1) is 7.73. The summed E-state index contributed by atoms with van der Waals surface area (Å²) in [7, 11) is 5.56. The van der Waals surface area contributed by atoms with E-state index in [1.54, 1.807) is 0 Å². The third-order valence-corrected chi connectivity index (χ3v) is 3.08. The quantitative estimate of drug-likeness (QED) is 0.720. The Bertz CT molecular complexity index is 324. The summed E-state index contributed by atoms with van der Waals surface area (Å²) >= 11 is 0. The van der Waals surface area contributed by atoms with E-state index in [2.05, 4.69) is 0 Å². The van der Waals surface area contributed by atoms with Crippen molar-refractivity contribution >= 4 is 11.8 Å². The van der Waals surface area contributed by atoms with E-state index in [0.29, 0.717) is 4.48 Å². The van der Waals surface area contributed by atoms with Gasteiger partial charge in [0.25, 0.3) is 0 Å². The summed E-state index contributed by atoms with van der Waals surface area (Å²) in [5.41, 5.74) is -2.27. The molecule has 0 heterocycles. The fraction of sp³-hybridized carbons (Fsp3) is 0.846. The molecule has 5 heteroatoms. The van der Waals surface area contributed by atoms with Gasteiger partial charge in [0.05, 0.1) is 27.6 Å². The highest BCUT2D eigenvalue weighted by Gasteiger charge is 2.55. The average Bonchev–Trinajstić information content (AvgIpc) is 1.94. The fourth-order valence-electron chi connectivity index (χ4n) is 3.16. The van der Waals surface area contributed by atoms with Crippen molar-refractivity contribution in [3.05, 3.63) is 0 Å². The van der Waals surface area contributed by atoms with Crippen molar-refractivity contribution in [2.45, 2.75) is 45.8 Å². The molecule has 0 aliphatic carbocycles. The van der Waals surface area contributed by atoms with Crippen LogP contribution < -0.4 is 0 Å². The summed E-state index contributed by atoms with van der Waals surface area (Å²) in [6.07, 6.45) is -0.570. The minimum atomic E-state index is -1.86. The molecule has 0 aromatic rings. The van der Waals surface area contributed by atoms with E-state index in [1.807, 2.05) is 41.9 Å². The highest BCUT2D eigenvalue weighted by atomic mass is 16.4. The van der Waals surface area contributed by atoms with E-state index in [-0.39, 0.29) is 0 Å². The molecule has 0 radical (unpaired) electrons. The molecule has 18 heavy (non-hydrogen) atoms. The molecule has 5 nitrogen and oxygen atoms in total. The SMILES string of the molecule is CC(=O)C(O)(CC(=O)O)C(C(C)(C)C)[N+](C)(C)C. The second kappa shape index (κ2) is 4.97. The first kappa shape index (κ1) is 17.1. The molecular formula is C13H26NO4+. The number of nitrogens with zero attached hydrogens (tertiary/aromatic N) is 1. The van der Waals surface area contributed by atoms with Crippen LogP contribution in [0.15, 0.2) is 0 Å². The molecule has 0 amide bonds. The molecule has 0 aromatic carbocycles. The highest BCUT2D eigenvalue weighted by molar-refractivity contribution is 5.89. The molecule has 0 spiro atoms. The van der Waals surface area contributed by atoms with Gasteiger partial charge in [0.2, 0.25) is 0 Å². The molecule has 0 aliphatic rings. The Balaban J connectivity index is 5.81. The number of ketones is 1. The van der Waals surface area contributed by atoms with Gasteiger partial charge in [0.1, 0.15) is 6.04 Å². The molecule has 0 fully saturated rings. The Hall–Kier alpha value is -0.940. The zero-order valence-electron chi connectivity index (χ0n) is 12.4. The molecule has 0 bridgehead atoms. The molecule has 2 unspecified atom stereocenters. The lowest BCUT2D eigenvalue weighted by Gasteiger charge is -2.48. The van der Waals surface area contributed by atoms with Crippen LogP contribution in [0.2, 0.25) is 0 Å². The number of quaternary nitrogens is 1. The van der Waals surface area contributed by atoms with E-state index in [4.69, 9.17) is 5.11 Å². The second-order valence-corrected chi connectivity index (χ2v) is 6.94. The molecular weight excluding hydrogens is 234 g/mol.